The van der Waals surface area contributed by atoms with E-state index in [2.05, 4.69) is 15.5 Å². The van der Waals surface area contributed by atoms with Crippen molar-refractivity contribution in [1.82, 2.24) is 10.6 Å². The topological polar surface area (TPSA) is 76.0 Å². The van der Waals surface area contributed by atoms with Crippen LogP contribution in [0.3, 0.4) is 0 Å². The first kappa shape index (κ1) is 17.6. The van der Waals surface area contributed by atoms with Crippen molar-refractivity contribution in [2.24, 2.45) is 0 Å². The van der Waals surface area contributed by atoms with E-state index in [-0.39, 0.29) is 11.9 Å². The van der Waals surface area contributed by atoms with Gasteiger partial charge in [0, 0.05) is 48.9 Å². The number of fused-ring (bicyclic) bond motifs is 2. The van der Waals surface area contributed by atoms with Gasteiger partial charge in [0.2, 0.25) is 0 Å². The van der Waals surface area contributed by atoms with E-state index in [0.29, 0.717) is 42.6 Å². The molecular weight excluding hydrogens is 358 g/mol. The Hall–Kier alpha value is -2.51. The lowest BCUT2D eigenvalue weighted by atomic mass is 9.95. The fourth-order valence-electron chi connectivity index (χ4n) is 4.34. The third-order valence-electron chi connectivity index (χ3n) is 5.84. The second-order valence-corrected chi connectivity index (χ2v) is 7.68. The number of hydrogen-bond donors (Lipinski definition) is 2. The zero-order valence-corrected chi connectivity index (χ0v) is 15.7. The summed E-state index contributed by atoms with van der Waals surface area (Å²) in [7, 11) is 0. The third kappa shape index (κ3) is 3.59. The van der Waals surface area contributed by atoms with Gasteiger partial charge in [-0.2, -0.15) is 0 Å². The highest BCUT2D eigenvalue weighted by atomic mass is 16.6. The van der Waals surface area contributed by atoms with E-state index < -0.39 is 0 Å². The number of carbonyl (C=O) groups excluding carboxylic acids is 1. The zero-order chi connectivity index (χ0) is 18.9. The first-order valence-electron chi connectivity index (χ1n) is 10.0. The molecule has 2 N–H and O–H groups in total. The van der Waals surface area contributed by atoms with Gasteiger partial charge in [0.25, 0.3) is 11.9 Å². The average Bonchev–Trinajstić information content (AvgIpc) is 3.46. The molecule has 1 aromatic carbocycles. The lowest BCUT2D eigenvalue weighted by molar-refractivity contribution is 0.0931. The molecule has 7 nitrogen and oxygen atoms in total. The number of nitrogens with one attached hydrogen (secondary N) is 2. The molecular formula is C21H25N3O4. The number of benzene rings is 1. The van der Waals surface area contributed by atoms with Gasteiger partial charge in [-0.3, -0.25) is 4.79 Å². The Kier molecular flexibility index (Phi) is 4.70. The van der Waals surface area contributed by atoms with Crippen LogP contribution >= 0.6 is 0 Å². The van der Waals surface area contributed by atoms with Crippen molar-refractivity contribution in [3.05, 3.63) is 42.0 Å². The fourth-order valence-corrected chi connectivity index (χ4v) is 4.34. The second kappa shape index (κ2) is 7.48. The maximum absolute atomic E-state index is 12.5. The van der Waals surface area contributed by atoms with Gasteiger partial charge in [-0.25, -0.2) is 0 Å². The molecule has 28 heavy (non-hydrogen) atoms. The van der Waals surface area contributed by atoms with Gasteiger partial charge in [0.1, 0.15) is 5.75 Å². The summed E-state index contributed by atoms with van der Waals surface area (Å²) in [6, 6.07) is 12.1. The largest absolute Gasteiger partial charge is 0.426 e. The highest BCUT2D eigenvalue weighted by molar-refractivity contribution is 5.94. The zero-order valence-electron chi connectivity index (χ0n) is 15.7. The second-order valence-electron chi connectivity index (χ2n) is 7.68. The summed E-state index contributed by atoms with van der Waals surface area (Å²) < 4.78 is 16.9. The van der Waals surface area contributed by atoms with Crippen molar-refractivity contribution in [2.75, 3.05) is 31.2 Å². The molecule has 2 bridgehead atoms. The molecule has 3 saturated heterocycles. The van der Waals surface area contributed by atoms with Crippen LogP contribution in [0.1, 0.15) is 29.6 Å². The Morgan fingerprint density at radius 2 is 1.93 bits per heavy atom. The van der Waals surface area contributed by atoms with Crippen molar-refractivity contribution in [1.29, 1.82) is 0 Å². The Balaban J connectivity index is 1.18. The van der Waals surface area contributed by atoms with Gasteiger partial charge in [-0.1, -0.05) is 0 Å². The number of amides is 1. The summed E-state index contributed by atoms with van der Waals surface area (Å²) in [5, 5.41) is 6.70. The molecule has 1 amide bonds. The van der Waals surface area contributed by atoms with Crippen molar-refractivity contribution in [2.45, 2.75) is 37.4 Å². The van der Waals surface area contributed by atoms with E-state index in [1.807, 2.05) is 12.1 Å². The molecule has 148 valence electrons. The van der Waals surface area contributed by atoms with Gasteiger partial charge in [-0.05, 0) is 43.5 Å². The Labute approximate surface area is 164 Å². The van der Waals surface area contributed by atoms with Gasteiger partial charge in [0.05, 0.1) is 13.2 Å². The average molecular weight is 383 g/mol. The van der Waals surface area contributed by atoms with Crippen LogP contribution in [0.4, 0.5) is 5.88 Å². The van der Waals surface area contributed by atoms with Crippen LogP contribution in [0.5, 0.6) is 11.7 Å². The molecule has 2 aromatic rings. The number of furan rings is 1. The van der Waals surface area contributed by atoms with E-state index in [4.69, 9.17) is 13.9 Å². The highest BCUT2D eigenvalue weighted by Crippen LogP contribution is 2.30. The van der Waals surface area contributed by atoms with Crippen molar-refractivity contribution in [3.8, 4) is 11.7 Å². The van der Waals surface area contributed by atoms with Crippen LogP contribution < -0.4 is 20.3 Å². The van der Waals surface area contributed by atoms with Gasteiger partial charge in [-0.15, -0.1) is 0 Å². The van der Waals surface area contributed by atoms with Crippen LogP contribution in [-0.4, -0.2) is 50.3 Å². The maximum Gasteiger partial charge on any atom is 0.291 e. The molecule has 0 unspecified atom stereocenters. The Morgan fingerprint density at radius 3 is 2.64 bits per heavy atom. The highest BCUT2D eigenvalue weighted by Gasteiger charge is 2.39. The SMILES string of the molecule is O=C(N[C@H]1C[C@@H]2CC[C@@H]1N2)c1ccc(Oc2ccc(N3CCOCC3)o2)cc1. The quantitative estimate of drug-likeness (QED) is 0.826. The lowest BCUT2D eigenvalue weighted by Gasteiger charge is -2.25. The first-order valence-corrected chi connectivity index (χ1v) is 10.0. The third-order valence-corrected chi connectivity index (χ3v) is 5.84. The standard InChI is InChI=1S/C21H25N3O4/c25-21(23-18-13-15-3-6-17(18)22-15)14-1-4-16(5-2-14)27-20-8-7-19(28-20)24-9-11-26-12-10-24/h1-2,4-5,7-8,15,17-18,22H,3,6,9-13H2,(H,23,25)/t15-,17-,18-/m0/s1. The number of morpholine rings is 1. The maximum atomic E-state index is 12.5. The molecule has 7 heteroatoms. The summed E-state index contributed by atoms with van der Waals surface area (Å²) in [4.78, 5) is 14.6. The van der Waals surface area contributed by atoms with E-state index in [9.17, 15) is 4.79 Å². The number of anilines is 1. The first-order chi connectivity index (χ1) is 13.7. The lowest BCUT2D eigenvalue weighted by Crippen LogP contribution is -2.42. The number of carbonyl (C=O) groups is 1. The van der Waals surface area contributed by atoms with E-state index in [0.717, 1.165) is 31.8 Å². The molecule has 3 fully saturated rings. The number of nitrogens with zero attached hydrogens (tertiary/aromatic N) is 1. The van der Waals surface area contributed by atoms with Crippen molar-refractivity contribution >= 4 is 11.8 Å². The fraction of sp³-hybridized carbons (Fsp3) is 0.476. The van der Waals surface area contributed by atoms with Gasteiger partial charge >= 0.3 is 0 Å². The van der Waals surface area contributed by atoms with E-state index >= 15 is 0 Å². The minimum Gasteiger partial charge on any atom is -0.426 e. The van der Waals surface area contributed by atoms with Crippen molar-refractivity contribution < 1.29 is 18.7 Å². The normalized spacial score (nSPS) is 26.4. The van der Waals surface area contributed by atoms with Gasteiger partial charge < -0.3 is 29.4 Å². The smallest absolute Gasteiger partial charge is 0.291 e. The number of hydrogen-bond acceptors (Lipinski definition) is 6. The summed E-state index contributed by atoms with van der Waals surface area (Å²) >= 11 is 0. The molecule has 0 saturated carbocycles. The minimum absolute atomic E-state index is 0.0292. The number of rotatable bonds is 5. The molecule has 4 heterocycles. The summed E-state index contributed by atoms with van der Waals surface area (Å²) in [6.45, 7) is 3.04. The molecule has 5 rings (SSSR count). The number of ether oxygens (including phenoxy) is 2. The van der Waals surface area contributed by atoms with Crippen LogP contribution in [0.25, 0.3) is 0 Å². The summed E-state index contributed by atoms with van der Waals surface area (Å²) in [5.41, 5.74) is 0.642. The van der Waals surface area contributed by atoms with Crippen molar-refractivity contribution in [3.63, 3.8) is 0 Å². The predicted octanol–water partition coefficient (Wildman–Crippen LogP) is 2.53. The predicted molar refractivity (Wildman–Crippen MR) is 104 cm³/mol. The van der Waals surface area contributed by atoms with Crippen LogP contribution in [-0.2, 0) is 4.74 Å². The molecule has 1 aromatic heterocycles. The molecule has 0 aliphatic carbocycles. The molecule has 3 aliphatic rings. The molecule has 0 spiro atoms. The van der Waals surface area contributed by atoms with E-state index in [1.54, 1.807) is 24.3 Å². The molecule has 3 aliphatic heterocycles. The monoisotopic (exact) mass is 383 g/mol. The van der Waals surface area contributed by atoms with Crippen LogP contribution in [0.15, 0.2) is 40.8 Å². The summed E-state index contributed by atoms with van der Waals surface area (Å²) in [5.74, 6) is 1.83. The van der Waals surface area contributed by atoms with Crippen LogP contribution in [0, 0.1) is 0 Å². The Morgan fingerprint density at radius 1 is 1.11 bits per heavy atom. The Bertz CT molecular complexity index is 828. The molecule has 0 radical (unpaired) electrons. The van der Waals surface area contributed by atoms with Crippen LogP contribution in [0.2, 0.25) is 0 Å². The van der Waals surface area contributed by atoms with E-state index in [1.165, 1.54) is 6.42 Å². The summed E-state index contributed by atoms with van der Waals surface area (Å²) in [6.07, 6.45) is 3.41. The molecule has 3 atom stereocenters. The minimum atomic E-state index is -0.0292. The van der Waals surface area contributed by atoms with Gasteiger partial charge in [0.15, 0.2) is 5.88 Å².